The molecule has 4 N–H and O–H groups in total. The van der Waals surface area contributed by atoms with E-state index in [1.54, 1.807) is 17.1 Å². The summed E-state index contributed by atoms with van der Waals surface area (Å²) in [5.74, 6) is 1.01. The molecule has 4 atom stereocenters. The fraction of sp³-hybridized carbons (Fsp3) is 0.217. The number of aromatic amines is 1. The maximum absolute atomic E-state index is 11.5. The monoisotopic (exact) mass is 461 g/mol. The number of primary amides is 1. The number of rotatable bonds is 5. The number of imidazole rings is 1. The molecule has 2 aliphatic rings. The normalized spacial score (nSPS) is 23.3. The second kappa shape index (κ2) is 7.63. The van der Waals surface area contributed by atoms with Crippen molar-refractivity contribution in [3.63, 3.8) is 0 Å². The van der Waals surface area contributed by atoms with Gasteiger partial charge in [-0.05, 0) is 24.6 Å². The molecule has 6 rings (SSSR count). The summed E-state index contributed by atoms with van der Waals surface area (Å²) in [7, 11) is 0. The van der Waals surface area contributed by atoms with Crippen LogP contribution in [0.2, 0.25) is 5.02 Å². The summed E-state index contributed by atoms with van der Waals surface area (Å²) in [6, 6.07) is 9.62. The lowest BCUT2D eigenvalue weighted by Crippen LogP contribution is -2.41. The predicted octanol–water partition coefficient (Wildman–Crippen LogP) is 3.91. The highest BCUT2D eigenvalue weighted by atomic mass is 35.5. The number of aromatic nitrogens is 5. The molecule has 2 aliphatic carbocycles. The van der Waals surface area contributed by atoms with Gasteiger partial charge in [-0.15, -0.1) is 0 Å². The van der Waals surface area contributed by atoms with Crippen LogP contribution in [-0.4, -0.2) is 43.0 Å². The molecule has 9 nitrogen and oxygen atoms in total. The summed E-state index contributed by atoms with van der Waals surface area (Å²) in [6.07, 6.45) is 9.19. The highest BCUT2D eigenvalue weighted by Gasteiger charge is 2.47. The number of nitrogens with two attached hydrogens (primary N) is 1. The maximum atomic E-state index is 11.5. The molecule has 1 fully saturated rings. The van der Waals surface area contributed by atoms with Crippen LogP contribution in [0.5, 0.6) is 0 Å². The number of carbonyl (C=O) groups is 1. The minimum absolute atomic E-state index is 0.137. The van der Waals surface area contributed by atoms with Crippen LogP contribution in [0.4, 0.5) is 10.5 Å². The molecule has 166 valence electrons. The van der Waals surface area contributed by atoms with E-state index in [4.69, 9.17) is 22.1 Å². The average Bonchev–Trinajstić information content (AvgIpc) is 3.60. The highest BCUT2D eigenvalue weighted by Crippen LogP contribution is 2.44. The lowest BCUT2D eigenvalue weighted by molar-refractivity contribution is 0.0854. The average molecular weight is 462 g/mol. The number of H-pyrrole nitrogens is 1. The van der Waals surface area contributed by atoms with Gasteiger partial charge < -0.3 is 20.8 Å². The van der Waals surface area contributed by atoms with Gasteiger partial charge in [0.15, 0.2) is 5.65 Å². The van der Waals surface area contributed by atoms with Crippen molar-refractivity contribution in [1.29, 1.82) is 0 Å². The first-order chi connectivity index (χ1) is 16.1. The van der Waals surface area contributed by atoms with Gasteiger partial charge in [0, 0.05) is 29.8 Å². The molecule has 1 aromatic carbocycles. The van der Waals surface area contributed by atoms with Crippen molar-refractivity contribution < 1.29 is 9.53 Å². The minimum atomic E-state index is -0.778. The Hall–Kier alpha value is -3.85. The number of benzene rings is 1. The Kier molecular flexibility index (Phi) is 4.58. The number of nitrogens with zero attached hydrogens (tertiary/aromatic N) is 4. The molecule has 4 aromatic rings. The van der Waals surface area contributed by atoms with Crippen molar-refractivity contribution in [2.75, 3.05) is 5.32 Å². The maximum Gasteiger partial charge on any atom is 0.404 e. The lowest BCUT2D eigenvalue weighted by Gasteiger charge is -2.29. The molecule has 0 radical (unpaired) electrons. The summed E-state index contributed by atoms with van der Waals surface area (Å²) in [5.41, 5.74) is 9.03. The van der Waals surface area contributed by atoms with Gasteiger partial charge in [0.05, 0.1) is 28.6 Å². The van der Waals surface area contributed by atoms with Crippen LogP contribution < -0.4 is 11.1 Å². The second-order valence-corrected chi connectivity index (χ2v) is 8.69. The van der Waals surface area contributed by atoms with Gasteiger partial charge in [0.25, 0.3) is 0 Å². The van der Waals surface area contributed by atoms with Gasteiger partial charge in [0.2, 0.25) is 0 Å². The quantitative estimate of drug-likeness (QED) is 0.387. The van der Waals surface area contributed by atoms with Crippen molar-refractivity contribution in [2.45, 2.75) is 18.6 Å². The van der Waals surface area contributed by atoms with Crippen LogP contribution in [0, 0.1) is 11.8 Å². The largest absolute Gasteiger partial charge is 0.444 e. The third kappa shape index (κ3) is 3.41. The zero-order chi connectivity index (χ0) is 22.5. The van der Waals surface area contributed by atoms with E-state index < -0.39 is 6.09 Å². The smallest absolute Gasteiger partial charge is 0.404 e. The summed E-state index contributed by atoms with van der Waals surface area (Å²) in [6.45, 7) is 0. The van der Waals surface area contributed by atoms with Crippen molar-refractivity contribution in [2.24, 2.45) is 17.6 Å². The second-order valence-electron chi connectivity index (χ2n) is 8.29. The molecular weight excluding hydrogens is 442 g/mol. The fourth-order valence-electron chi connectivity index (χ4n) is 4.86. The zero-order valence-corrected chi connectivity index (χ0v) is 18.1. The molecule has 33 heavy (non-hydrogen) atoms. The fourth-order valence-corrected chi connectivity index (χ4v) is 5.05. The minimum Gasteiger partial charge on any atom is -0.444 e. The van der Waals surface area contributed by atoms with Crippen molar-refractivity contribution >= 4 is 34.5 Å². The molecule has 1 saturated carbocycles. The highest BCUT2D eigenvalue weighted by molar-refractivity contribution is 6.34. The first-order valence-corrected chi connectivity index (χ1v) is 11.0. The number of ether oxygens (including phenoxy) is 1. The molecule has 0 unspecified atom stereocenters. The number of hydrogen-bond acceptors (Lipinski definition) is 6. The summed E-state index contributed by atoms with van der Waals surface area (Å²) < 4.78 is 7.22. The van der Waals surface area contributed by atoms with Gasteiger partial charge >= 0.3 is 6.09 Å². The molecule has 10 heteroatoms. The van der Waals surface area contributed by atoms with Crippen LogP contribution in [0.25, 0.3) is 28.2 Å². The Morgan fingerprint density at radius 3 is 2.97 bits per heavy atom. The summed E-state index contributed by atoms with van der Waals surface area (Å²) in [5, 5.41) is 8.24. The molecule has 3 heterocycles. The van der Waals surface area contributed by atoms with Crippen molar-refractivity contribution in [3.8, 4) is 17.1 Å². The predicted molar refractivity (Wildman–Crippen MR) is 124 cm³/mol. The van der Waals surface area contributed by atoms with E-state index in [1.807, 2.05) is 36.5 Å². The Labute approximate surface area is 193 Å². The number of fused-ring (bicyclic) bond motifs is 3. The van der Waals surface area contributed by atoms with Crippen LogP contribution in [0.15, 0.2) is 61.1 Å². The molecule has 0 spiro atoms. The van der Waals surface area contributed by atoms with Crippen LogP contribution >= 0.6 is 11.6 Å². The molecular formula is C23H20ClN7O2. The van der Waals surface area contributed by atoms with Crippen molar-refractivity contribution in [3.05, 3.63) is 66.1 Å². The molecule has 0 aliphatic heterocycles. The number of hydrogen-bond donors (Lipinski definition) is 3. The van der Waals surface area contributed by atoms with E-state index in [0.717, 1.165) is 17.7 Å². The third-order valence-electron chi connectivity index (χ3n) is 6.31. The van der Waals surface area contributed by atoms with E-state index in [-0.39, 0.29) is 24.0 Å². The van der Waals surface area contributed by atoms with Gasteiger partial charge in [-0.25, -0.2) is 19.4 Å². The molecule has 3 aromatic heterocycles. The standard InChI is InChI=1S/C23H20ClN7O2/c24-16-11-26-22-19(18(16)28-17-12-5-6-13(9-12)20(17)33-23(25)32)29-21(30-22)14-3-1-4-15(10-14)31-8-2-7-27-31/h1-8,10-13,17,20H,9H2,(H2,25,32)(H2,26,28,29,30)/t12-,13+,17+,20-/m0/s1. The Morgan fingerprint density at radius 1 is 1.27 bits per heavy atom. The Morgan fingerprint density at radius 2 is 2.15 bits per heavy atom. The summed E-state index contributed by atoms with van der Waals surface area (Å²) in [4.78, 5) is 23.9. The lowest BCUT2D eigenvalue weighted by atomic mass is 9.98. The van der Waals surface area contributed by atoms with Crippen molar-refractivity contribution in [1.82, 2.24) is 24.7 Å². The van der Waals surface area contributed by atoms with Gasteiger partial charge in [-0.2, -0.15) is 5.10 Å². The Balaban J connectivity index is 1.37. The Bertz CT molecular complexity index is 1380. The summed E-state index contributed by atoms with van der Waals surface area (Å²) >= 11 is 6.55. The van der Waals surface area contributed by atoms with Gasteiger partial charge in [0.1, 0.15) is 17.4 Å². The van der Waals surface area contributed by atoms with E-state index in [0.29, 0.717) is 27.7 Å². The number of halogens is 1. The van der Waals surface area contributed by atoms with Gasteiger partial charge in [-0.1, -0.05) is 35.9 Å². The first kappa shape index (κ1) is 19.8. The van der Waals surface area contributed by atoms with Gasteiger partial charge in [-0.3, -0.25) is 0 Å². The SMILES string of the molecule is NC(=O)O[C@@H]1[C@H](Nc2c(Cl)cnc3nc(-c4cccc(-n5cccn5)c4)[nH]c23)[C@H]2C=C[C@@H]1C2. The molecule has 0 saturated heterocycles. The number of anilines is 1. The number of amides is 1. The van der Waals surface area contributed by atoms with Crippen LogP contribution in [-0.2, 0) is 4.74 Å². The topological polar surface area (TPSA) is 124 Å². The van der Waals surface area contributed by atoms with Crippen LogP contribution in [0.1, 0.15) is 6.42 Å². The third-order valence-corrected chi connectivity index (χ3v) is 6.60. The molecule has 1 amide bonds. The number of pyridine rings is 1. The first-order valence-electron chi connectivity index (χ1n) is 10.6. The van der Waals surface area contributed by atoms with E-state index >= 15 is 0 Å². The zero-order valence-electron chi connectivity index (χ0n) is 17.4. The number of carbonyl (C=O) groups excluding carboxylic acids is 1. The van der Waals surface area contributed by atoms with E-state index in [9.17, 15) is 4.79 Å². The van der Waals surface area contributed by atoms with Crippen LogP contribution in [0.3, 0.4) is 0 Å². The van der Waals surface area contributed by atoms with E-state index in [1.165, 1.54) is 0 Å². The van der Waals surface area contributed by atoms with E-state index in [2.05, 4.69) is 37.5 Å². The molecule has 2 bridgehead atoms. The number of nitrogens with one attached hydrogen (secondary N) is 2.